The lowest BCUT2D eigenvalue weighted by Crippen LogP contribution is -2.24. The van der Waals surface area contributed by atoms with Crippen molar-refractivity contribution in [3.05, 3.63) is 39.9 Å². The highest BCUT2D eigenvalue weighted by Gasteiger charge is 2.05. The Labute approximate surface area is 90.8 Å². The van der Waals surface area contributed by atoms with Crippen LogP contribution in [-0.4, -0.2) is 22.9 Å². The van der Waals surface area contributed by atoms with Gasteiger partial charge in [-0.15, -0.1) is 0 Å². The number of amides is 1. The van der Waals surface area contributed by atoms with Gasteiger partial charge in [-0.3, -0.25) is 15.4 Å². The number of nitrogens with one attached hydrogen (secondary N) is 1. The summed E-state index contributed by atoms with van der Waals surface area (Å²) >= 11 is 0. The Bertz CT molecular complexity index is 376. The fourth-order valence-corrected chi connectivity index (χ4v) is 0.978. The van der Waals surface area contributed by atoms with Crippen molar-refractivity contribution < 1.29 is 19.6 Å². The molecule has 1 aromatic carbocycles. The first kappa shape index (κ1) is 11.9. The lowest BCUT2D eigenvalue weighted by Gasteiger charge is -2.04. The van der Waals surface area contributed by atoms with Crippen LogP contribution in [0.4, 0.5) is 10.5 Å². The van der Waals surface area contributed by atoms with E-state index in [0.29, 0.717) is 5.56 Å². The van der Waals surface area contributed by atoms with Crippen molar-refractivity contribution in [2.75, 3.05) is 6.73 Å². The highest BCUT2D eigenvalue weighted by atomic mass is 16.6. The summed E-state index contributed by atoms with van der Waals surface area (Å²) in [6, 6.07) is 5.63. The van der Waals surface area contributed by atoms with Gasteiger partial charge in [-0.25, -0.2) is 4.79 Å². The molecular weight excluding hydrogens is 216 g/mol. The predicted molar refractivity (Wildman–Crippen MR) is 53.5 cm³/mol. The van der Waals surface area contributed by atoms with Gasteiger partial charge >= 0.3 is 6.09 Å². The molecule has 0 fully saturated rings. The van der Waals surface area contributed by atoms with Gasteiger partial charge in [0.15, 0.2) is 0 Å². The molecule has 1 rings (SSSR count). The van der Waals surface area contributed by atoms with Crippen molar-refractivity contribution in [2.45, 2.75) is 6.61 Å². The molecule has 0 unspecified atom stereocenters. The standard InChI is InChI=1S/C9H10N2O5/c12-6-10-9(13)16-5-7-1-3-8(4-2-7)11(14)15/h1-4,12H,5-6H2,(H,10,13). The maximum absolute atomic E-state index is 10.8. The maximum Gasteiger partial charge on any atom is 0.409 e. The number of nitrogens with zero attached hydrogens (tertiary/aromatic N) is 1. The third-order valence-electron chi connectivity index (χ3n) is 1.74. The average molecular weight is 226 g/mol. The number of hydrogen-bond donors (Lipinski definition) is 2. The molecule has 1 amide bonds. The number of nitro groups is 1. The summed E-state index contributed by atoms with van der Waals surface area (Å²) in [5, 5.41) is 20.7. The Hall–Kier alpha value is -2.15. The summed E-state index contributed by atoms with van der Waals surface area (Å²) in [5.41, 5.74) is 0.599. The number of benzene rings is 1. The second-order valence-corrected chi connectivity index (χ2v) is 2.83. The van der Waals surface area contributed by atoms with Crippen molar-refractivity contribution in [3.8, 4) is 0 Å². The molecule has 1 aromatic rings. The van der Waals surface area contributed by atoms with Gasteiger partial charge in [0.2, 0.25) is 0 Å². The molecule has 7 heteroatoms. The number of carbonyl (C=O) groups is 1. The van der Waals surface area contributed by atoms with Gasteiger partial charge in [-0.1, -0.05) is 0 Å². The minimum absolute atomic E-state index is 0.0101. The number of ether oxygens (including phenoxy) is 1. The summed E-state index contributed by atoms with van der Waals surface area (Å²) in [6.45, 7) is -0.511. The first-order valence-corrected chi connectivity index (χ1v) is 4.38. The highest BCUT2D eigenvalue weighted by molar-refractivity contribution is 5.66. The molecular formula is C9H10N2O5. The van der Waals surface area contributed by atoms with Crippen LogP contribution in [0, 0.1) is 10.1 Å². The summed E-state index contributed by atoms with van der Waals surface area (Å²) in [5.74, 6) is 0. The SMILES string of the molecule is O=C(NCO)OCc1ccc([N+](=O)[O-])cc1. The largest absolute Gasteiger partial charge is 0.445 e. The van der Waals surface area contributed by atoms with Gasteiger partial charge in [0, 0.05) is 12.1 Å². The molecule has 0 heterocycles. The molecule has 0 saturated carbocycles. The van der Waals surface area contributed by atoms with E-state index in [0.717, 1.165) is 0 Å². The van der Waals surface area contributed by atoms with Crippen LogP contribution in [0.3, 0.4) is 0 Å². The molecule has 0 saturated heterocycles. The number of aliphatic hydroxyl groups is 1. The fourth-order valence-electron chi connectivity index (χ4n) is 0.978. The molecule has 0 radical (unpaired) electrons. The lowest BCUT2D eigenvalue weighted by molar-refractivity contribution is -0.384. The second kappa shape index (κ2) is 5.66. The minimum atomic E-state index is -0.749. The Morgan fingerprint density at radius 3 is 2.56 bits per heavy atom. The van der Waals surface area contributed by atoms with E-state index in [1.807, 2.05) is 5.32 Å². The van der Waals surface area contributed by atoms with Gasteiger partial charge in [0.25, 0.3) is 5.69 Å². The van der Waals surface area contributed by atoms with Crippen molar-refractivity contribution in [2.24, 2.45) is 0 Å². The summed E-state index contributed by atoms with van der Waals surface area (Å²) in [4.78, 5) is 20.6. The third-order valence-corrected chi connectivity index (χ3v) is 1.74. The van der Waals surface area contributed by atoms with E-state index >= 15 is 0 Å². The quantitative estimate of drug-likeness (QED) is 0.448. The summed E-state index contributed by atoms with van der Waals surface area (Å²) in [6.07, 6.45) is -0.749. The van der Waals surface area contributed by atoms with Crippen molar-refractivity contribution in [1.82, 2.24) is 5.32 Å². The molecule has 0 aliphatic rings. The van der Waals surface area contributed by atoms with Crippen molar-refractivity contribution >= 4 is 11.8 Å². The van der Waals surface area contributed by atoms with Gasteiger partial charge in [-0.05, 0) is 17.7 Å². The van der Waals surface area contributed by atoms with Crippen LogP contribution in [0.25, 0.3) is 0 Å². The number of nitro benzene ring substituents is 1. The second-order valence-electron chi connectivity index (χ2n) is 2.83. The van der Waals surface area contributed by atoms with Crippen LogP contribution in [0.5, 0.6) is 0 Å². The van der Waals surface area contributed by atoms with E-state index in [9.17, 15) is 14.9 Å². The Morgan fingerprint density at radius 2 is 2.06 bits per heavy atom. The fraction of sp³-hybridized carbons (Fsp3) is 0.222. The van der Waals surface area contributed by atoms with E-state index in [4.69, 9.17) is 5.11 Å². The van der Waals surface area contributed by atoms with Gasteiger partial charge in [-0.2, -0.15) is 0 Å². The molecule has 0 aromatic heterocycles. The normalized spacial score (nSPS) is 9.56. The number of aliphatic hydroxyl groups excluding tert-OH is 1. The average Bonchev–Trinajstić information content (AvgIpc) is 2.27. The minimum Gasteiger partial charge on any atom is -0.445 e. The molecule has 0 spiro atoms. The van der Waals surface area contributed by atoms with Gasteiger partial charge < -0.3 is 9.84 Å². The first-order valence-electron chi connectivity index (χ1n) is 4.38. The topological polar surface area (TPSA) is 102 Å². The molecule has 0 aliphatic heterocycles. The van der Waals surface area contributed by atoms with E-state index < -0.39 is 17.7 Å². The van der Waals surface area contributed by atoms with E-state index in [2.05, 4.69) is 4.74 Å². The third kappa shape index (κ3) is 3.54. The van der Waals surface area contributed by atoms with Crippen LogP contribution in [-0.2, 0) is 11.3 Å². The van der Waals surface area contributed by atoms with E-state index in [1.165, 1.54) is 24.3 Å². The monoisotopic (exact) mass is 226 g/mol. The van der Waals surface area contributed by atoms with E-state index in [-0.39, 0.29) is 12.3 Å². The number of non-ortho nitro benzene ring substituents is 1. The van der Waals surface area contributed by atoms with Gasteiger partial charge in [0.1, 0.15) is 13.3 Å². The molecule has 2 N–H and O–H groups in total. The first-order chi connectivity index (χ1) is 7.63. The molecule has 7 nitrogen and oxygen atoms in total. The maximum atomic E-state index is 10.8. The number of hydrogen-bond acceptors (Lipinski definition) is 5. The highest BCUT2D eigenvalue weighted by Crippen LogP contribution is 2.12. The molecule has 16 heavy (non-hydrogen) atoms. The van der Waals surface area contributed by atoms with Crippen LogP contribution in [0.1, 0.15) is 5.56 Å². The van der Waals surface area contributed by atoms with Crippen LogP contribution in [0.2, 0.25) is 0 Å². The smallest absolute Gasteiger partial charge is 0.409 e. The predicted octanol–water partition coefficient (Wildman–Crippen LogP) is 0.771. The molecule has 86 valence electrons. The van der Waals surface area contributed by atoms with Crippen LogP contribution >= 0.6 is 0 Å². The van der Waals surface area contributed by atoms with Crippen LogP contribution in [0.15, 0.2) is 24.3 Å². The van der Waals surface area contributed by atoms with E-state index in [1.54, 1.807) is 0 Å². The Kier molecular flexibility index (Phi) is 4.22. The summed E-state index contributed by atoms with van der Waals surface area (Å²) in [7, 11) is 0. The number of alkyl carbamates (subject to hydrolysis) is 1. The zero-order chi connectivity index (χ0) is 12.0. The zero-order valence-electron chi connectivity index (χ0n) is 8.25. The van der Waals surface area contributed by atoms with Crippen LogP contribution < -0.4 is 5.32 Å². The van der Waals surface area contributed by atoms with Crippen molar-refractivity contribution in [1.29, 1.82) is 0 Å². The van der Waals surface area contributed by atoms with Crippen molar-refractivity contribution in [3.63, 3.8) is 0 Å². The Morgan fingerprint density at radius 1 is 1.44 bits per heavy atom. The number of rotatable bonds is 4. The zero-order valence-corrected chi connectivity index (χ0v) is 8.25. The molecule has 0 bridgehead atoms. The molecule has 0 atom stereocenters. The lowest BCUT2D eigenvalue weighted by atomic mass is 10.2. The number of carbonyl (C=O) groups excluding carboxylic acids is 1. The Balaban J connectivity index is 2.49. The van der Waals surface area contributed by atoms with Gasteiger partial charge in [0.05, 0.1) is 4.92 Å². The molecule has 0 aliphatic carbocycles. The summed E-state index contributed by atoms with van der Waals surface area (Å²) < 4.78 is 4.69.